The molecule has 0 aromatic heterocycles. The number of nitrogens with one attached hydrogen (secondary N) is 1. The van der Waals surface area contributed by atoms with Gasteiger partial charge in [0.15, 0.2) is 5.96 Å². The van der Waals surface area contributed by atoms with Crippen molar-refractivity contribution >= 4 is 5.96 Å². The Morgan fingerprint density at radius 1 is 1.29 bits per heavy atom. The van der Waals surface area contributed by atoms with Crippen LogP contribution in [0.2, 0.25) is 0 Å². The quantitative estimate of drug-likeness (QED) is 0.640. The Morgan fingerprint density at radius 3 is 2.48 bits per heavy atom. The van der Waals surface area contributed by atoms with Crippen molar-refractivity contribution < 1.29 is 0 Å². The van der Waals surface area contributed by atoms with Gasteiger partial charge in [-0.3, -0.25) is 9.89 Å². The fraction of sp³-hybridized carbons (Fsp3) is 0.941. The molecule has 0 radical (unpaired) electrons. The van der Waals surface area contributed by atoms with Gasteiger partial charge in [0.25, 0.3) is 0 Å². The van der Waals surface area contributed by atoms with Gasteiger partial charge < -0.3 is 10.2 Å². The first-order valence-corrected chi connectivity index (χ1v) is 8.61. The third-order valence-electron chi connectivity index (χ3n) is 5.19. The van der Waals surface area contributed by atoms with Crippen molar-refractivity contribution in [1.82, 2.24) is 15.1 Å². The van der Waals surface area contributed by atoms with Crippen LogP contribution in [0.3, 0.4) is 0 Å². The van der Waals surface area contributed by atoms with Crippen molar-refractivity contribution in [3.8, 4) is 0 Å². The van der Waals surface area contributed by atoms with E-state index < -0.39 is 0 Å². The summed E-state index contributed by atoms with van der Waals surface area (Å²) >= 11 is 0. The lowest BCUT2D eigenvalue weighted by Crippen LogP contribution is -2.48. The molecule has 122 valence electrons. The average molecular weight is 294 g/mol. The number of nitrogens with zero attached hydrogens (tertiary/aromatic N) is 3. The molecule has 0 saturated carbocycles. The van der Waals surface area contributed by atoms with Gasteiger partial charge in [0.1, 0.15) is 0 Å². The molecule has 4 heteroatoms. The molecule has 1 N–H and O–H groups in total. The number of hydrogen-bond acceptors (Lipinski definition) is 2. The van der Waals surface area contributed by atoms with Crippen LogP contribution < -0.4 is 5.32 Å². The Bertz CT molecular complexity index is 356. The van der Waals surface area contributed by atoms with Gasteiger partial charge in [0.05, 0.1) is 0 Å². The van der Waals surface area contributed by atoms with Crippen LogP contribution >= 0.6 is 0 Å². The minimum absolute atomic E-state index is 0.423. The van der Waals surface area contributed by atoms with E-state index in [2.05, 4.69) is 47.8 Å². The Hall–Kier alpha value is -0.770. The van der Waals surface area contributed by atoms with Crippen LogP contribution in [-0.4, -0.2) is 61.6 Å². The van der Waals surface area contributed by atoms with Crippen LogP contribution in [0.5, 0.6) is 0 Å². The molecule has 0 aromatic rings. The summed E-state index contributed by atoms with van der Waals surface area (Å²) in [6.45, 7) is 15.1. The molecular formula is C17H34N4. The van der Waals surface area contributed by atoms with E-state index in [1.54, 1.807) is 0 Å². The molecule has 1 unspecified atom stereocenters. The fourth-order valence-electron chi connectivity index (χ4n) is 3.46. The third-order valence-corrected chi connectivity index (χ3v) is 5.19. The first-order chi connectivity index (χ1) is 9.91. The summed E-state index contributed by atoms with van der Waals surface area (Å²) in [7, 11) is 1.90. The van der Waals surface area contributed by atoms with Crippen LogP contribution in [0.15, 0.2) is 4.99 Å². The smallest absolute Gasteiger partial charge is 0.193 e. The Morgan fingerprint density at radius 2 is 1.95 bits per heavy atom. The summed E-state index contributed by atoms with van der Waals surface area (Å²) < 4.78 is 0. The molecule has 21 heavy (non-hydrogen) atoms. The highest BCUT2D eigenvalue weighted by atomic mass is 15.3. The lowest BCUT2D eigenvalue weighted by Gasteiger charge is -2.35. The number of piperidine rings is 1. The lowest BCUT2D eigenvalue weighted by atomic mass is 9.93. The van der Waals surface area contributed by atoms with E-state index in [4.69, 9.17) is 0 Å². The maximum atomic E-state index is 4.48. The van der Waals surface area contributed by atoms with Crippen LogP contribution in [0.25, 0.3) is 0 Å². The number of hydrogen-bond donors (Lipinski definition) is 1. The van der Waals surface area contributed by atoms with Crippen molar-refractivity contribution in [2.75, 3.05) is 39.8 Å². The highest BCUT2D eigenvalue weighted by Crippen LogP contribution is 2.28. The predicted octanol–water partition coefficient (Wildman–Crippen LogP) is 2.41. The van der Waals surface area contributed by atoms with Crippen LogP contribution in [-0.2, 0) is 0 Å². The molecular weight excluding hydrogens is 260 g/mol. The number of guanidine groups is 1. The largest absolute Gasteiger partial charge is 0.355 e. The Labute approximate surface area is 131 Å². The second-order valence-corrected chi connectivity index (χ2v) is 7.83. The summed E-state index contributed by atoms with van der Waals surface area (Å²) in [6.07, 6.45) is 3.95. The van der Waals surface area contributed by atoms with Crippen LogP contribution in [0.1, 0.15) is 47.0 Å². The Kier molecular flexibility index (Phi) is 5.53. The SMILES string of the molecule is CN=C(NCC(C)N1CCC(C)CC1)N1CCC(C)(C)C1. The van der Waals surface area contributed by atoms with Crippen molar-refractivity contribution in [2.45, 2.75) is 53.0 Å². The van der Waals surface area contributed by atoms with Gasteiger partial charge in [0, 0.05) is 32.7 Å². The molecule has 4 nitrogen and oxygen atoms in total. The van der Waals surface area contributed by atoms with E-state index >= 15 is 0 Å². The number of likely N-dealkylation sites (tertiary alicyclic amines) is 2. The standard InChI is InChI=1S/C17H34N4/c1-14-6-9-20(10-7-14)15(2)12-19-16(18-5)21-11-8-17(3,4)13-21/h14-15H,6-13H2,1-5H3,(H,18,19). The van der Waals surface area contributed by atoms with Gasteiger partial charge in [-0.2, -0.15) is 0 Å². The van der Waals surface area contributed by atoms with Gasteiger partial charge in [-0.15, -0.1) is 0 Å². The van der Waals surface area contributed by atoms with Crippen molar-refractivity contribution in [3.05, 3.63) is 0 Å². The zero-order valence-electron chi connectivity index (χ0n) is 14.7. The summed E-state index contributed by atoms with van der Waals surface area (Å²) in [6, 6.07) is 0.588. The van der Waals surface area contributed by atoms with Crippen LogP contribution in [0, 0.1) is 11.3 Å². The van der Waals surface area contributed by atoms with Gasteiger partial charge in [0.2, 0.25) is 0 Å². The van der Waals surface area contributed by atoms with E-state index in [9.17, 15) is 0 Å². The molecule has 0 bridgehead atoms. The minimum Gasteiger partial charge on any atom is -0.355 e. The molecule has 2 aliphatic rings. The van der Waals surface area contributed by atoms with Crippen molar-refractivity contribution in [3.63, 3.8) is 0 Å². The molecule has 2 heterocycles. The maximum absolute atomic E-state index is 4.48. The molecule has 0 spiro atoms. The lowest BCUT2D eigenvalue weighted by molar-refractivity contribution is 0.147. The van der Waals surface area contributed by atoms with Crippen LogP contribution in [0.4, 0.5) is 0 Å². The molecule has 0 aromatic carbocycles. The highest BCUT2D eigenvalue weighted by Gasteiger charge is 2.31. The second-order valence-electron chi connectivity index (χ2n) is 7.83. The van der Waals surface area contributed by atoms with E-state index in [1.165, 1.54) is 32.4 Å². The monoisotopic (exact) mass is 294 g/mol. The Balaban J connectivity index is 1.78. The number of aliphatic imine (C=N–C) groups is 1. The van der Waals surface area contributed by atoms with Gasteiger partial charge in [-0.25, -0.2) is 0 Å². The van der Waals surface area contributed by atoms with E-state index in [0.29, 0.717) is 11.5 Å². The molecule has 1 atom stereocenters. The van der Waals surface area contributed by atoms with E-state index in [0.717, 1.165) is 31.5 Å². The highest BCUT2D eigenvalue weighted by molar-refractivity contribution is 5.80. The van der Waals surface area contributed by atoms with E-state index in [-0.39, 0.29) is 0 Å². The maximum Gasteiger partial charge on any atom is 0.193 e. The van der Waals surface area contributed by atoms with E-state index in [1.807, 2.05) is 7.05 Å². The fourth-order valence-corrected chi connectivity index (χ4v) is 3.46. The van der Waals surface area contributed by atoms with Crippen molar-refractivity contribution in [2.24, 2.45) is 16.3 Å². The topological polar surface area (TPSA) is 30.9 Å². The number of rotatable bonds is 3. The summed E-state index contributed by atoms with van der Waals surface area (Å²) in [5, 5.41) is 3.59. The summed E-state index contributed by atoms with van der Waals surface area (Å²) in [5.41, 5.74) is 0.423. The molecule has 2 fully saturated rings. The predicted molar refractivity (Wildman–Crippen MR) is 90.8 cm³/mol. The van der Waals surface area contributed by atoms with Gasteiger partial charge in [-0.1, -0.05) is 20.8 Å². The zero-order valence-corrected chi connectivity index (χ0v) is 14.7. The first-order valence-electron chi connectivity index (χ1n) is 8.61. The average Bonchev–Trinajstić information content (AvgIpc) is 2.80. The molecule has 2 saturated heterocycles. The van der Waals surface area contributed by atoms with Gasteiger partial charge in [-0.05, 0) is 50.6 Å². The second kappa shape index (κ2) is 6.99. The summed E-state index contributed by atoms with van der Waals surface area (Å²) in [5.74, 6) is 1.99. The minimum atomic E-state index is 0.423. The van der Waals surface area contributed by atoms with Gasteiger partial charge >= 0.3 is 0 Å². The third kappa shape index (κ3) is 4.60. The summed E-state index contributed by atoms with van der Waals surface area (Å²) in [4.78, 5) is 9.50. The molecule has 0 amide bonds. The zero-order chi connectivity index (χ0) is 15.5. The molecule has 2 aliphatic heterocycles. The molecule has 0 aliphatic carbocycles. The molecule has 2 rings (SSSR count). The first kappa shape index (κ1) is 16.6. The normalized spacial score (nSPS) is 26.1. The van der Waals surface area contributed by atoms with Crippen molar-refractivity contribution in [1.29, 1.82) is 0 Å².